The Kier molecular flexibility index (Phi) is 7.33. The van der Waals surface area contributed by atoms with Crippen LogP contribution in [0.25, 0.3) is 10.9 Å². The number of aryl methyl sites for hydroxylation is 3. The minimum absolute atomic E-state index is 0.0369. The van der Waals surface area contributed by atoms with Gasteiger partial charge >= 0.3 is 0 Å². The Labute approximate surface area is 199 Å². The molecular weight excluding hydrogens is 430 g/mol. The van der Waals surface area contributed by atoms with Gasteiger partial charge in [-0.1, -0.05) is 53.2 Å². The highest BCUT2D eigenvalue weighted by molar-refractivity contribution is 7.99. The first-order chi connectivity index (χ1) is 15.9. The van der Waals surface area contributed by atoms with Crippen LogP contribution in [0, 0.1) is 20.8 Å². The predicted molar refractivity (Wildman–Crippen MR) is 137 cm³/mol. The van der Waals surface area contributed by atoms with Crippen LogP contribution in [0.15, 0.2) is 58.0 Å². The average molecular weight is 462 g/mol. The third-order valence-corrected chi connectivity index (χ3v) is 7.12. The third-order valence-electron chi connectivity index (χ3n) is 6.14. The van der Waals surface area contributed by atoms with Crippen LogP contribution in [0.5, 0.6) is 0 Å². The number of aromatic nitrogens is 2. The summed E-state index contributed by atoms with van der Waals surface area (Å²) in [5.74, 6) is 0.0965. The number of carbonyl (C=O) groups is 1. The van der Waals surface area contributed by atoms with Crippen LogP contribution in [-0.4, -0.2) is 21.2 Å². The normalized spacial score (nSPS) is 13.7. The number of nitrogens with zero attached hydrogens (tertiary/aromatic N) is 2. The Morgan fingerprint density at radius 1 is 1.12 bits per heavy atom. The van der Waals surface area contributed by atoms with Gasteiger partial charge in [0.15, 0.2) is 5.16 Å². The molecule has 0 atom stereocenters. The number of hydrogen-bond donors (Lipinski definition) is 1. The Morgan fingerprint density at radius 2 is 1.88 bits per heavy atom. The maximum absolute atomic E-state index is 13.3. The molecule has 0 spiro atoms. The number of amides is 1. The molecule has 1 aliphatic carbocycles. The van der Waals surface area contributed by atoms with E-state index in [4.69, 9.17) is 4.98 Å². The van der Waals surface area contributed by atoms with Crippen LogP contribution in [0.2, 0.25) is 0 Å². The van der Waals surface area contributed by atoms with Gasteiger partial charge in [-0.05, 0) is 76.1 Å². The smallest absolute Gasteiger partial charge is 0.262 e. The van der Waals surface area contributed by atoms with Gasteiger partial charge in [0.05, 0.1) is 16.7 Å². The molecule has 1 N–H and O–H groups in total. The zero-order valence-electron chi connectivity index (χ0n) is 19.6. The summed E-state index contributed by atoms with van der Waals surface area (Å²) in [6.07, 6.45) is 7.86. The largest absolute Gasteiger partial charge is 0.325 e. The van der Waals surface area contributed by atoms with Crippen LogP contribution < -0.4 is 10.9 Å². The van der Waals surface area contributed by atoms with E-state index in [0.29, 0.717) is 22.6 Å². The summed E-state index contributed by atoms with van der Waals surface area (Å²) in [4.78, 5) is 30.8. The molecule has 1 amide bonds. The Morgan fingerprint density at radius 3 is 2.61 bits per heavy atom. The lowest BCUT2D eigenvalue weighted by molar-refractivity contribution is -0.113. The molecule has 1 aliphatic rings. The maximum Gasteiger partial charge on any atom is 0.262 e. The number of para-hydroxylation sites is 1. The number of carbonyl (C=O) groups excluding carboxylic acids is 1. The monoisotopic (exact) mass is 461 g/mol. The van der Waals surface area contributed by atoms with Gasteiger partial charge in [-0.2, -0.15) is 0 Å². The van der Waals surface area contributed by atoms with Gasteiger partial charge in [0, 0.05) is 12.2 Å². The predicted octanol–water partition coefficient (Wildman–Crippen LogP) is 5.94. The highest BCUT2D eigenvalue weighted by Gasteiger charge is 2.15. The van der Waals surface area contributed by atoms with Gasteiger partial charge in [0.2, 0.25) is 5.91 Å². The van der Waals surface area contributed by atoms with Crippen molar-refractivity contribution in [2.75, 3.05) is 11.1 Å². The molecular formula is C27H31N3O2S. The molecule has 0 saturated carbocycles. The molecule has 5 nitrogen and oxygen atoms in total. The molecule has 0 unspecified atom stereocenters. The molecule has 1 aromatic heterocycles. The zero-order chi connectivity index (χ0) is 23.4. The van der Waals surface area contributed by atoms with Crippen molar-refractivity contribution >= 4 is 34.3 Å². The molecule has 2 aromatic carbocycles. The molecule has 6 heteroatoms. The second-order valence-electron chi connectivity index (χ2n) is 8.84. The summed E-state index contributed by atoms with van der Waals surface area (Å²) in [5.41, 5.74) is 6.18. The number of benzene rings is 2. The number of nitrogens with one attached hydrogen (secondary N) is 1. The molecule has 4 rings (SSSR count). The van der Waals surface area contributed by atoms with Gasteiger partial charge in [-0.15, -0.1) is 0 Å². The van der Waals surface area contributed by atoms with Gasteiger partial charge in [0.1, 0.15) is 0 Å². The number of thioether (sulfide) groups is 1. The summed E-state index contributed by atoms with van der Waals surface area (Å²) in [6, 6.07) is 11.6. The highest BCUT2D eigenvalue weighted by Crippen LogP contribution is 2.25. The van der Waals surface area contributed by atoms with Crippen LogP contribution in [0.1, 0.15) is 48.8 Å². The van der Waals surface area contributed by atoms with Crippen molar-refractivity contribution in [3.05, 3.63) is 75.1 Å². The fraction of sp³-hybridized carbons (Fsp3) is 0.370. The summed E-state index contributed by atoms with van der Waals surface area (Å²) >= 11 is 1.33. The minimum Gasteiger partial charge on any atom is -0.325 e. The van der Waals surface area contributed by atoms with E-state index >= 15 is 0 Å². The molecule has 0 radical (unpaired) electrons. The van der Waals surface area contributed by atoms with E-state index in [1.807, 2.05) is 38.1 Å². The SMILES string of the molecule is Cc1cc(C)c(NC(=O)CSc2nc3ccccc3c(=O)n2CCC2=CCCCC2)c(C)c1. The van der Waals surface area contributed by atoms with Crippen molar-refractivity contribution in [2.45, 2.75) is 64.6 Å². The number of anilines is 1. The minimum atomic E-state index is -0.0981. The number of rotatable bonds is 7. The Hall–Kier alpha value is -2.86. The maximum atomic E-state index is 13.3. The fourth-order valence-electron chi connectivity index (χ4n) is 4.52. The summed E-state index contributed by atoms with van der Waals surface area (Å²) in [5, 5.41) is 4.27. The van der Waals surface area contributed by atoms with E-state index in [2.05, 4.69) is 30.4 Å². The molecule has 3 aromatic rings. The van der Waals surface area contributed by atoms with Crippen molar-refractivity contribution in [1.29, 1.82) is 0 Å². The van der Waals surface area contributed by atoms with E-state index in [1.165, 1.54) is 35.7 Å². The summed E-state index contributed by atoms with van der Waals surface area (Å²) < 4.78 is 1.75. The lowest BCUT2D eigenvalue weighted by Gasteiger charge is -2.16. The number of allylic oxidation sites excluding steroid dienone is 2. The van der Waals surface area contributed by atoms with E-state index in [9.17, 15) is 9.59 Å². The second-order valence-corrected chi connectivity index (χ2v) is 9.78. The summed E-state index contributed by atoms with van der Waals surface area (Å²) in [6.45, 7) is 6.65. The standard InChI is InChI=1S/C27H31N3O2S/c1-18-15-19(2)25(20(3)16-18)29-24(31)17-33-27-28-23-12-8-7-11-22(23)26(32)30(27)14-13-21-9-5-4-6-10-21/h7-9,11-12,15-16H,4-6,10,13-14,17H2,1-3H3,(H,29,31). The molecule has 0 bridgehead atoms. The number of hydrogen-bond acceptors (Lipinski definition) is 4. The van der Waals surface area contributed by atoms with Crippen molar-refractivity contribution in [3.8, 4) is 0 Å². The lowest BCUT2D eigenvalue weighted by Crippen LogP contribution is -2.25. The van der Waals surface area contributed by atoms with Crippen LogP contribution in [0.3, 0.4) is 0 Å². The first kappa shape index (κ1) is 23.3. The van der Waals surface area contributed by atoms with Gasteiger partial charge in [-0.25, -0.2) is 4.98 Å². The summed E-state index contributed by atoms with van der Waals surface area (Å²) in [7, 11) is 0. The van der Waals surface area contributed by atoms with E-state index in [0.717, 1.165) is 36.1 Å². The van der Waals surface area contributed by atoms with Crippen molar-refractivity contribution in [2.24, 2.45) is 0 Å². The fourth-order valence-corrected chi connectivity index (χ4v) is 5.35. The topological polar surface area (TPSA) is 64.0 Å². The molecule has 172 valence electrons. The molecule has 1 heterocycles. The van der Waals surface area contributed by atoms with Crippen molar-refractivity contribution in [1.82, 2.24) is 9.55 Å². The van der Waals surface area contributed by atoms with Crippen LogP contribution >= 0.6 is 11.8 Å². The first-order valence-electron chi connectivity index (χ1n) is 11.6. The first-order valence-corrected chi connectivity index (χ1v) is 12.6. The van der Waals surface area contributed by atoms with Crippen molar-refractivity contribution in [3.63, 3.8) is 0 Å². The number of fused-ring (bicyclic) bond motifs is 1. The van der Waals surface area contributed by atoms with E-state index in [1.54, 1.807) is 4.57 Å². The molecule has 0 aliphatic heterocycles. The van der Waals surface area contributed by atoms with Crippen molar-refractivity contribution < 1.29 is 4.79 Å². The third kappa shape index (κ3) is 5.56. The van der Waals surface area contributed by atoms with Gasteiger partial charge in [0.25, 0.3) is 5.56 Å². The highest BCUT2D eigenvalue weighted by atomic mass is 32.2. The average Bonchev–Trinajstić information content (AvgIpc) is 2.80. The zero-order valence-corrected chi connectivity index (χ0v) is 20.4. The van der Waals surface area contributed by atoms with Gasteiger partial charge < -0.3 is 5.32 Å². The van der Waals surface area contributed by atoms with E-state index in [-0.39, 0.29) is 17.2 Å². The van der Waals surface area contributed by atoms with Crippen LogP contribution in [0.4, 0.5) is 5.69 Å². The lowest BCUT2D eigenvalue weighted by atomic mass is 9.97. The Bertz CT molecular complexity index is 1250. The molecule has 0 saturated heterocycles. The van der Waals surface area contributed by atoms with Crippen LogP contribution in [-0.2, 0) is 11.3 Å². The molecule has 33 heavy (non-hydrogen) atoms. The van der Waals surface area contributed by atoms with Gasteiger partial charge in [-0.3, -0.25) is 14.2 Å². The Balaban J connectivity index is 1.55. The molecule has 0 fully saturated rings. The quantitative estimate of drug-likeness (QED) is 0.269. The second kappa shape index (κ2) is 10.4. The van der Waals surface area contributed by atoms with E-state index < -0.39 is 0 Å².